The molecule has 0 saturated heterocycles. The molecule has 10 heavy (non-hydrogen) atoms. The zero-order valence-corrected chi connectivity index (χ0v) is 6.67. The van der Waals surface area contributed by atoms with Crippen molar-refractivity contribution in [2.75, 3.05) is 0 Å². The highest BCUT2D eigenvalue weighted by Gasteiger charge is 1.73. The van der Waals surface area contributed by atoms with Gasteiger partial charge in [0.2, 0.25) is 0 Å². The van der Waals surface area contributed by atoms with Gasteiger partial charge in [0.1, 0.15) is 0 Å². The fourth-order valence-corrected chi connectivity index (χ4v) is 0.523. The van der Waals surface area contributed by atoms with E-state index in [1.54, 1.807) is 6.08 Å². The zero-order valence-electron chi connectivity index (χ0n) is 6.67. The van der Waals surface area contributed by atoms with Crippen LogP contribution in [0, 0.1) is 0 Å². The van der Waals surface area contributed by atoms with Crippen molar-refractivity contribution >= 4 is 0 Å². The van der Waals surface area contributed by atoms with Crippen molar-refractivity contribution < 1.29 is 0 Å². The van der Waals surface area contributed by atoms with E-state index in [1.165, 1.54) is 5.57 Å². The van der Waals surface area contributed by atoms with Gasteiger partial charge < -0.3 is 0 Å². The van der Waals surface area contributed by atoms with E-state index in [1.807, 2.05) is 31.2 Å². The number of rotatable bonds is 3. The highest BCUT2D eigenvalue weighted by Crippen LogP contribution is 1.94. The lowest BCUT2D eigenvalue weighted by Gasteiger charge is -1.84. The molecule has 0 spiro atoms. The van der Waals surface area contributed by atoms with Crippen LogP contribution in [-0.4, -0.2) is 0 Å². The van der Waals surface area contributed by atoms with Crippen LogP contribution in [0.2, 0.25) is 0 Å². The average molecular weight is 134 g/mol. The molecule has 0 amide bonds. The molecule has 0 fully saturated rings. The predicted octanol–water partition coefficient (Wildman–Crippen LogP) is 3.25. The van der Waals surface area contributed by atoms with Crippen molar-refractivity contribution in [3.8, 4) is 0 Å². The van der Waals surface area contributed by atoms with Crippen molar-refractivity contribution in [1.29, 1.82) is 0 Å². The summed E-state index contributed by atoms with van der Waals surface area (Å²) in [7, 11) is 0. The van der Waals surface area contributed by atoms with Gasteiger partial charge in [0.05, 0.1) is 0 Å². The van der Waals surface area contributed by atoms with Crippen molar-refractivity contribution in [2.45, 2.75) is 13.8 Å². The highest BCUT2D eigenvalue weighted by atomic mass is 13.8. The van der Waals surface area contributed by atoms with Crippen molar-refractivity contribution in [2.24, 2.45) is 0 Å². The van der Waals surface area contributed by atoms with Crippen LogP contribution in [0.5, 0.6) is 0 Å². The Labute approximate surface area is 63.3 Å². The summed E-state index contributed by atoms with van der Waals surface area (Å²) in [6, 6.07) is 0. The van der Waals surface area contributed by atoms with Crippen LogP contribution < -0.4 is 0 Å². The molecule has 0 heteroatoms. The fraction of sp³-hybridized carbons (Fsp3) is 0.200. The maximum absolute atomic E-state index is 3.58. The van der Waals surface area contributed by atoms with E-state index >= 15 is 0 Å². The zero-order chi connectivity index (χ0) is 7.82. The summed E-state index contributed by atoms with van der Waals surface area (Å²) in [6.07, 6.45) is 11.8. The lowest BCUT2D eigenvalue weighted by atomic mass is 10.2. The third-order valence-electron chi connectivity index (χ3n) is 1.05. The molecule has 0 atom stereocenters. The SMILES string of the molecule is C=CC=C/C(C)=C\C=C\C. The molecular weight excluding hydrogens is 120 g/mol. The summed E-state index contributed by atoms with van der Waals surface area (Å²) in [6.45, 7) is 7.64. The molecule has 54 valence electrons. The number of hydrogen-bond donors (Lipinski definition) is 0. The molecule has 0 aromatic rings. The summed E-state index contributed by atoms with van der Waals surface area (Å²) in [5.74, 6) is 0. The molecule has 0 nitrogen and oxygen atoms in total. The molecule has 0 unspecified atom stereocenters. The Bertz CT molecular complexity index is 168. The van der Waals surface area contributed by atoms with Crippen molar-refractivity contribution in [3.63, 3.8) is 0 Å². The number of allylic oxidation sites excluding steroid dienone is 7. The van der Waals surface area contributed by atoms with E-state index < -0.39 is 0 Å². The summed E-state index contributed by atoms with van der Waals surface area (Å²) >= 11 is 0. The average Bonchev–Trinajstić information content (AvgIpc) is 1.97. The monoisotopic (exact) mass is 134 g/mol. The Hall–Kier alpha value is -1.04. The Morgan fingerprint density at radius 3 is 2.50 bits per heavy atom. The van der Waals surface area contributed by atoms with E-state index in [0.29, 0.717) is 0 Å². The van der Waals surface area contributed by atoms with Gasteiger partial charge in [0.15, 0.2) is 0 Å². The molecule has 0 rings (SSSR count). The van der Waals surface area contributed by atoms with Gasteiger partial charge >= 0.3 is 0 Å². The molecule has 0 bridgehead atoms. The van der Waals surface area contributed by atoms with Crippen LogP contribution in [0.3, 0.4) is 0 Å². The first kappa shape index (κ1) is 8.96. The summed E-state index contributed by atoms with van der Waals surface area (Å²) in [4.78, 5) is 0. The van der Waals surface area contributed by atoms with Crippen LogP contribution in [0.25, 0.3) is 0 Å². The summed E-state index contributed by atoms with van der Waals surface area (Å²) in [5.41, 5.74) is 1.23. The minimum atomic E-state index is 1.23. The van der Waals surface area contributed by atoms with Crippen molar-refractivity contribution in [1.82, 2.24) is 0 Å². The van der Waals surface area contributed by atoms with Crippen LogP contribution in [0.1, 0.15) is 13.8 Å². The number of hydrogen-bond acceptors (Lipinski definition) is 0. The molecule has 0 N–H and O–H groups in total. The second kappa shape index (κ2) is 6.09. The predicted molar refractivity (Wildman–Crippen MR) is 47.9 cm³/mol. The fourth-order valence-electron chi connectivity index (χ4n) is 0.523. The Morgan fingerprint density at radius 1 is 1.30 bits per heavy atom. The van der Waals surface area contributed by atoms with E-state index in [2.05, 4.69) is 19.6 Å². The Morgan fingerprint density at radius 2 is 2.00 bits per heavy atom. The van der Waals surface area contributed by atoms with Gasteiger partial charge in [-0.3, -0.25) is 0 Å². The molecule has 0 aliphatic rings. The van der Waals surface area contributed by atoms with Crippen LogP contribution in [-0.2, 0) is 0 Å². The topological polar surface area (TPSA) is 0 Å². The van der Waals surface area contributed by atoms with Gasteiger partial charge in [0, 0.05) is 0 Å². The van der Waals surface area contributed by atoms with Crippen molar-refractivity contribution in [3.05, 3.63) is 48.6 Å². The first-order chi connectivity index (χ1) is 4.81. The third-order valence-corrected chi connectivity index (χ3v) is 1.05. The third kappa shape index (κ3) is 5.10. The first-order valence-electron chi connectivity index (χ1n) is 3.40. The summed E-state index contributed by atoms with van der Waals surface area (Å²) < 4.78 is 0. The lowest BCUT2D eigenvalue weighted by molar-refractivity contribution is 1.52. The molecule has 0 aromatic heterocycles. The quantitative estimate of drug-likeness (QED) is 0.520. The van der Waals surface area contributed by atoms with E-state index in [0.717, 1.165) is 0 Å². The second-order valence-corrected chi connectivity index (χ2v) is 2.03. The van der Waals surface area contributed by atoms with Gasteiger partial charge in [-0.25, -0.2) is 0 Å². The lowest BCUT2D eigenvalue weighted by Crippen LogP contribution is -1.63. The van der Waals surface area contributed by atoms with Gasteiger partial charge in [-0.2, -0.15) is 0 Å². The molecule has 0 aromatic carbocycles. The van der Waals surface area contributed by atoms with Gasteiger partial charge in [-0.15, -0.1) is 0 Å². The van der Waals surface area contributed by atoms with Gasteiger partial charge in [0.25, 0.3) is 0 Å². The van der Waals surface area contributed by atoms with Crippen LogP contribution >= 0.6 is 0 Å². The molecule has 0 aliphatic heterocycles. The smallest absolute Gasteiger partial charge is 0.0398 e. The van der Waals surface area contributed by atoms with E-state index in [9.17, 15) is 0 Å². The Balaban J connectivity index is 3.93. The maximum atomic E-state index is 3.58. The van der Waals surface area contributed by atoms with E-state index in [-0.39, 0.29) is 0 Å². The van der Waals surface area contributed by atoms with Gasteiger partial charge in [-0.1, -0.05) is 48.6 Å². The Kier molecular flexibility index (Phi) is 5.45. The van der Waals surface area contributed by atoms with Crippen LogP contribution in [0.15, 0.2) is 48.6 Å². The van der Waals surface area contributed by atoms with Gasteiger partial charge in [-0.05, 0) is 13.8 Å². The standard InChI is InChI=1S/C10H14/c1-4-6-8-10(3)9-7-5-2/h4-9H,1H2,2-3H3/b7-5+,8-6?,10-9-. The molecule has 0 saturated carbocycles. The minimum Gasteiger partial charge on any atom is -0.0991 e. The normalized spacial score (nSPS) is 13.2. The maximum Gasteiger partial charge on any atom is -0.0398 e. The molecular formula is C10H14. The summed E-state index contributed by atoms with van der Waals surface area (Å²) in [5, 5.41) is 0. The largest absolute Gasteiger partial charge is 0.0991 e. The molecule has 0 heterocycles. The van der Waals surface area contributed by atoms with E-state index in [4.69, 9.17) is 0 Å². The molecule has 0 radical (unpaired) electrons. The highest BCUT2D eigenvalue weighted by molar-refractivity contribution is 5.23. The minimum absolute atomic E-state index is 1.23. The van der Waals surface area contributed by atoms with Crippen LogP contribution in [0.4, 0.5) is 0 Å². The first-order valence-corrected chi connectivity index (χ1v) is 3.40. The second-order valence-electron chi connectivity index (χ2n) is 2.03. The molecule has 0 aliphatic carbocycles.